The molecule has 0 atom stereocenters. The molecule has 0 saturated carbocycles. The quantitative estimate of drug-likeness (QED) is 0.625. The molecule has 4 rings (SSSR count). The van der Waals surface area contributed by atoms with Crippen molar-refractivity contribution in [3.05, 3.63) is 67.0 Å². The normalized spacial score (nSPS) is 10.9. The predicted octanol–water partition coefficient (Wildman–Crippen LogP) is 3.78. The van der Waals surface area contributed by atoms with E-state index in [1.807, 2.05) is 54.6 Å². The van der Waals surface area contributed by atoms with Gasteiger partial charge >= 0.3 is 0 Å². The van der Waals surface area contributed by atoms with Crippen LogP contribution in [0.5, 0.6) is 11.6 Å². The Bertz CT molecular complexity index is 992. The molecule has 2 aromatic carbocycles. The summed E-state index contributed by atoms with van der Waals surface area (Å²) in [6, 6.07) is 17.5. The maximum atomic E-state index is 10.1. The van der Waals surface area contributed by atoms with Gasteiger partial charge in [0.2, 0.25) is 5.88 Å². The average Bonchev–Trinajstić information content (AvgIpc) is 3.03. The number of rotatable bonds is 3. The van der Waals surface area contributed by atoms with Crippen LogP contribution >= 0.6 is 0 Å². The highest BCUT2D eigenvalue weighted by Gasteiger charge is 2.13. The van der Waals surface area contributed by atoms with Gasteiger partial charge < -0.3 is 9.84 Å². The van der Waals surface area contributed by atoms with Crippen molar-refractivity contribution in [1.29, 1.82) is 0 Å². The summed E-state index contributed by atoms with van der Waals surface area (Å²) < 4.78 is 6.85. The van der Waals surface area contributed by atoms with Crippen LogP contribution in [0.2, 0.25) is 0 Å². The summed E-state index contributed by atoms with van der Waals surface area (Å²) in [5.41, 5.74) is 3.98. The molecule has 0 amide bonds. The SMILES string of the molecule is COc1ccc(-c2cn3c(O)cnc3c(-c3ccccc3)n2)cc1. The van der Waals surface area contributed by atoms with Crippen molar-refractivity contribution in [3.63, 3.8) is 0 Å². The second-order valence-electron chi connectivity index (χ2n) is 5.38. The van der Waals surface area contributed by atoms with Gasteiger partial charge in [0.1, 0.15) is 11.4 Å². The lowest BCUT2D eigenvalue weighted by Crippen LogP contribution is -1.96. The first-order valence-electron chi connectivity index (χ1n) is 7.53. The van der Waals surface area contributed by atoms with Crippen LogP contribution in [0.4, 0.5) is 0 Å². The Kier molecular flexibility index (Phi) is 3.39. The highest BCUT2D eigenvalue weighted by Crippen LogP contribution is 2.29. The molecule has 0 aliphatic rings. The van der Waals surface area contributed by atoms with Crippen molar-refractivity contribution in [2.45, 2.75) is 0 Å². The molecule has 5 heteroatoms. The Hall–Kier alpha value is -3.34. The molecule has 0 aliphatic carbocycles. The van der Waals surface area contributed by atoms with Gasteiger partial charge in [-0.25, -0.2) is 9.97 Å². The van der Waals surface area contributed by atoms with E-state index in [0.29, 0.717) is 5.65 Å². The molecule has 2 heterocycles. The molecule has 0 radical (unpaired) electrons. The largest absolute Gasteiger partial charge is 0.497 e. The van der Waals surface area contributed by atoms with E-state index in [0.717, 1.165) is 28.3 Å². The Morgan fingerprint density at radius 2 is 1.71 bits per heavy atom. The number of nitrogens with zero attached hydrogens (tertiary/aromatic N) is 3. The van der Waals surface area contributed by atoms with Gasteiger partial charge in [0.15, 0.2) is 5.65 Å². The summed E-state index contributed by atoms with van der Waals surface area (Å²) in [4.78, 5) is 9.06. The maximum absolute atomic E-state index is 10.1. The number of hydrogen-bond acceptors (Lipinski definition) is 4. The minimum absolute atomic E-state index is 0.0827. The molecule has 0 aliphatic heterocycles. The van der Waals surface area contributed by atoms with Crippen molar-refractivity contribution >= 4 is 5.65 Å². The van der Waals surface area contributed by atoms with Gasteiger partial charge in [0, 0.05) is 17.3 Å². The molecule has 4 aromatic rings. The first-order valence-corrected chi connectivity index (χ1v) is 7.53. The highest BCUT2D eigenvalue weighted by molar-refractivity contribution is 5.77. The van der Waals surface area contributed by atoms with E-state index >= 15 is 0 Å². The minimum atomic E-state index is 0.0827. The molecule has 1 N–H and O–H groups in total. The Balaban J connectivity index is 1.95. The van der Waals surface area contributed by atoms with E-state index in [4.69, 9.17) is 9.72 Å². The van der Waals surface area contributed by atoms with Crippen LogP contribution in [0, 0.1) is 0 Å². The third-order valence-electron chi connectivity index (χ3n) is 3.91. The van der Waals surface area contributed by atoms with Crippen molar-refractivity contribution in [2.24, 2.45) is 0 Å². The number of methoxy groups -OCH3 is 1. The van der Waals surface area contributed by atoms with Crippen LogP contribution in [0.25, 0.3) is 28.2 Å². The number of ether oxygens (including phenoxy) is 1. The number of fused-ring (bicyclic) bond motifs is 1. The Morgan fingerprint density at radius 3 is 2.42 bits per heavy atom. The predicted molar refractivity (Wildman–Crippen MR) is 92.1 cm³/mol. The van der Waals surface area contributed by atoms with Crippen LogP contribution < -0.4 is 4.74 Å². The number of aromatic hydroxyl groups is 1. The summed E-state index contributed by atoms with van der Waals surface area (Å²) in [6.45, 7) is 0. The molecule has 0 fully saturated rings. The van der Waals surface area contributed by atoms with Gasteiger partial charge in [-0.1, -0.05) is 30.3 Å². The molecule has 0 bridgehead atoms. The van der Waals surface area contributed by atoms with Gasteiger partial charge in [0.05, 0.1) is 19.0 Å². The van der Waals surface area contributed by atoms with Gasteiger partial charge in [-0.3, -0.25) is 4.40 Å². The van der Waals surface area contributed by atoms with Crippen molar-refractivity contribution in [2.75, 3.05) is 7.11 Å². The summed E-state index contributed by atoms with van der Waals surface area (Å²) in [5, 5.41) is 10.1. The molecule has 5 nitrogen and oxygen atoms in total. The molecular formula is C19H15N3O2. The van der Waals surface area contributed by atoms with E-state index in [1.54, 1.807) is 17.7 Å². The summed E-state index contributed by atoms with van der Waals surface area (Å²) >= 11 is 0. The molecule has 2 aromatic heterocycles. The monoisotopic (exact) mass is 317 g/mol. The standard InChI is InChI=1S/C19H15N3O2/c1-24-15-9-7-13(8-10-15)16-12-22-17(23)11-20-19(22)18(21-16)14-5-3-2-4-6-14/h2-12,23H,1H3. The van der Waals surface area contributed by atoms with Crippen molar-refractivity contribution < 1.29 is 9.84 Å². The molecule has 118 valence electrons. The highest BCUT2D eigenvalue weighted by atomic mass is 16.5. The van der Waals surface area contributed by atoms with Crippen LogP contribution in [-0.2, 0) is 0 Å². The lowest BCUT2D eigenvalue weighted by atomic mass is 10.1. The van der Waals surface area contributed by atoms with Crippen LogP contribution in [0.3, 0.4) is 0 Å². The third kappa shape index (κ3) is 2.36. The summed E-state index contributed by atoms with van der Waals surface area (Å²) in [7, 11) is 1.64. The smallest absolute Gasteiger partial charge is 0.216 e. The second kappa shape index (κ2) is 5.70. The van der Waals surface area contributed by atoms with Gasteiger partial charge in [-0.15, -0.1) is 0 Å². The fourth-order valence-electron chi connectivity index (χ4n) is 2.67. The van der Waals surface area contributed by atoms with Crippen LogP contribution in [0.1, 0.15) is 0 Å². The first kappa shape index (κ1) is 14.3. The van der Waals surface area contributed by atoms with E-state index in [2.05, 4.69) is 4.98 Å². The van der Waals surface area contributed by atoms with Crippen molar-refractivity contribution in [3.8, 4) is 34.1 Å². The van der Waals surface area contributed by atoms with E-state index in [1.165, 1.54) is 6.20 Å². The average molecular weight is 317 g/mol. The van der Waals surface area contributed by atoms with Gasteiger partial charge in [-0.05, 0) is 24.3 Å². The molecule has 24 heavy (non-hydrogen) atoms. The molecular weight excluding hydrogens is 302 g/mol. The second-order valence-corrected chi connectivity index (χ2v) is 5.38. The number of aromatic nitrogens is 3. The topological polar surface area (TPSA) is 59.7 Å². The summed E-state index contributed by atoms with van der Waals surface area (Å²) in [6.07, 6.45) is 3.22. The van der Waals surface area contributed by atoms with Crippen LogP contribution in [-0.4, -0.2) is 26.6 Å². The zero-order valence-corrected chi connectivity index (χ0v) is 13.0. The molecule has 0 saturated heterocycles. The Labute approximate surface area is 138 Å². The summed E-state index contributed by atoms with van der Waals surface area (Å²) in [5.74, 6) is 0.868. The first-order chi connectivity index (χ1) is 11.8. The van der Waals surface area contributed by atoms with Crippen LogP contribution in [0.15, 0.2) is 67.0 Å². The van der Waals surface area contributed by atoms with E-state index in [-0.39, 0.29) is 5.88 Å². The third-order valence-corrected chi connectivity index (χ3v) is 3.91. The molecule has 0 spiro atoms. The number of imidazole rings is 1. The lowest BCUT2D eigenvalue weighted by Gasteiger charge is -2.09. The van der Waals surface area contributed by atoms with Gasteiger partial charge in [-0.2, -0.15) is 0 Å². The Morgan fingerprint density at radius 1 is 0.958 bits per heavy atom. The molecule has 0 unspecified atom stereocenters. The lowest BCUT2D eigenvalue weighted by molar-refractivity contribution is 0.415. The fraction of sp³-hybridized carbons (Fsp3) is 0.0526. The fourth-order valence-corrected chi connectivity index (χ4v) is 2.67. The van der Waals surface area contributed by atoms with Crippen molar-refractivity contribution in [1.82, 2.24) is 14.4 Å². The zero-order valence-electron chi connectivity index (χ0n) is 13.0. The van der Waals surface area contributed by atoms with Gasteiger partial charge in [0.25, 0.3) is 0 Å². The maximum Gasteiger partial charge on any atom is 0.216 e. The zero-order chi connectivity index (χ0) is 16.5. The number of hydrogen-bond donors (Lipinski definition) is 1. The van der Waals surface area contributed by atoms with E-state index < -0.39 is 0 Å². The minimum Gasteiger partial charge on any atom is -0.497 e. The van der Waals surface area contributed by atoms with E-state index in [9.17, 15) is 5.11 Å². The number of benzene rings is 2.